The fourth-order valence-electron chi connectivity index (χ4n) is 3.40. The topological polar surface area (TPSA) is 59.2 Å². The fourth-order valence-corrected chi connectivity index (χ4v) is 3.40. The smallest absolute Gasteiger partial charge is 0.259 e. The van der Waals surface area contributed by atoms with Crippen molar-refractivity contribution in [3.8, 4) is 11.3 Å². The van der Waals surface area contributed by atoms with E-state index in [-0.39, 0.29) is 5.91 Å². The highest BCUT2D eigenvalue weighted by atomic mass is 16.5. The van der Waals surface area contributed by atoms with E-state index in [9.17, 15) is 4.79 Å². The van der Waals surface area contributed by atoms with Crippen LogP contribution in [-0.2, 0) is 0 Å². The van der Waals surface area contributed by atoms with Crippen molar-refractivity contribution in [3.05, 3.63) is 47.7 Å². The number of carbonyl (C=O) groups is 1. The summed E-state index contributed by atoms with van der Waals surface area (Å²) in [5.74, 6) is 0.724. The average Bonchev–Trinajstić information content (AvgIpc) is 3.03. The van der Waals surface area contributed by atoms with Crippen LogP contribution in [0.5, 0.6) is 0 Å². The second-order valence-electron chi connectivity index (χ2n) is 6.84. The summed E-state index contributed by atoms with van der Waals surface area (Å²) < 4.78 is 5.37. The lowest BCUT2D eigenvalue weighted by Gasteiger charge is -2.30. The van der Waals surface area contributed by atoms with Gasteiger partial charge in [0.1, 0.15) is 0 Å². The van der Waals surface area contributed by atoms with E-state index in [0.717, 1.165) is 42.6 Å². The summed E-state index contributed by atoms with van der Waals surface area (Å²) in [7, 11) is 0. The van der Waals surface area contributed by atoms with Gasteiger partial charge in [-0.1, -0.05) is 42.4 Å². The molecule has 0 saturated carbocycles. The molecule has 3 aromatic rings. The monoisotopic (exact) mass is 335 g/mol. The number of carbonyl (C=O) groups excluding carboxylic acids is 1. The van der Waals surface area contributed by atoms with Crippen LogP contribution in [0.4, 0.5) is 0 Å². The molecule has 5 heteroatoms. The first-order valence-electron chi connectivity index (χ1n) is 8.75. The number of likely N-dealkylation sites (tertiary alicyclic amines) is 1. The molecule has 0 atom stereocenters. The lowest BCUT2D eigenvalue weighted by Crippen LogP contribution is -2.38. The largest absolute Gasteiger partial charge is 0.339 e. The van der Waals surface area contributed by atoms with Crippen LogP contribution < -0.4 is 0 Å². The first-order chi connectivity index (χ1) is 12.1. The van der Waals surface area contributed by atoms with Crippen LogP contribution in [0, 0.1) is 12.8 Å². The summed E-state index contributed by atoms with van der Waals surface area (Å²) in [5, 5.41) is 4.75. The van der Waals surface area contributed by atoms with E-state index >= 15 is 0 Å². The van der Waals surface area contributed by atoms with E-state index in [4.69, 9.17) is 4.52 Å². The van der Waals surface area contributed by atoms with E-state index < -0.39 is 0 Å². The molecule has 1 fully saturated rings. The maximum absolute atomic E-state index is 13.2. The molecular formula is C20H21N3O2. The molecule has 0 spiro atoms. The quantitative estimate of drug-likeness (QED) is 0.708. The normalized spacial score (nSPS) is 15.7. The minimum absolute atomic E-state index is 0.0442. The number of benzene rings is 1. The van der Waals surface area contributed by atoms with E-state index in [0.29, 0.717) is 22.9 Å². The summed E-state index contributed by atoms with van der Waals surface area (Å²) in [5.41, 5.74) is 3.46. The molecule has 25 heavy (non-hydrogen) atoms. The van der Waals surface area contributed by atoms with Crippen molar-refractivity contribution in [2.45, 2.75) is 26.7 Å². The summed E-state index contributed by atoms with van der Waals surface area (Å²) in [6.07, 6.45) is 2.10. The Hall–Kier alpha value is -2.69. The van der Waals surface area contributed by atoms with Gasteiger partial charge in [0.05, 0.1) is 22.3 Å². The van der Waals surface area contributed by atoms with Crippen LogP contribution in [0.2, 0.25) is 0 Å². The first-order valence-corrected chi connectivity index (χ1v) is 8.75. The number of pyridine rings is 1. The van der Waals surface area contributed by atoms with Gasteiger partial charge in [-0.25, -0.2) is 4.98 Å². The molecule has 0 radical (unpaired) electrons. The molecule has 4 rings (SSSR count). The molecule has 3 heterocycles. The molecule has 0 aliphatic carbocycles. The third kappa shape index (κ3) is 2.90. The average molecular weight is 335 g/mol. The molecule has 1 aliphatic rings. The third-order valence-electron chi connectivity index (χ3n) is 4.99. The van der Waals surface area contributed by atoms with E-state index in [1.807, 2.05) is 48.2 Å². The van der Waals surface area contributed by atoms with Crippen molar-refractivity contribution in [2.24, 2.45) is 5.92 Å². The molecule has 1 saturated heterocycles. The van der Waals surface area contributed by atoms with Crippen LogP contribution in [-0.4, -0.2) is 34.0 Å². The number of piperidine rings is 1. The number of amides is 1. The third-order valence-corrected chi connectivity index (χ3v) is 4.99. The predicted molar refractivity (Wildman–Crippen MR) is 96.3 cm³/mol. The zero-order chi connectivity index (χ0) is 17.4. The maximum Gasteiger partial charge on any atom is 0.259 e. The molecule has 2 aromatic heterocycles. The molecule has 1 aromatic carbocycles. The van der Waals surface area contributed by atoms with Gasteiger partial charge >= 0.3 is 0 Å². The Balaban J connectivity index is 1.81. The van der Waals surface area contributed by atoms with Crippen molar-refractivity contribution in [3.63, 3.8) is 0 Å². The minimum atomic E-state index is 0.0442. The van der Waals surface area contributed by atoms with E-state index in [2.05, 4.69) is 17.1 Å². The summed E-state index contributed by atoms with van der Waals surface area (Å²) >= 11 is 0. The lowest BCUT2D eigenvalue weighted by molar-refractivity contribution is 0.0699. The Morgan fingerprint density at radius 2 is 1.92 bits per heavy atom. The Morgan fingerprint density at radius 1 is 1.20 bits per heavy atom. The van der Waals surface area contributed by atoms with E-state index in [1.54, 1.807) is 0 Å². The van der Waals surface area contributed by atoms with Gasteiger partial charge in [-0.05, 0) is 31.7 Å². The van der Waals surface area contributed by atoms with Gasteiger partial charge < -0.3 is 9.42 Å². The van der Waals surface area contributed by atoms with Gasteiger partial charge in [0.25, 0.3) is 11.6 Å². The Labute approximate surface area is 146 Å². The SMILES string of the molecule is Cc1noc2nc(-c3ccccc3)cc(C(=O)N3CCC(C)CC3)c12. The van der Waals surface area contributed by atoms with Gasteiger partial charge in [0.2, 0.25) is 0 Å². The molecule has 0 unspecified atom stereocenters. The van der Waals surface area contributed by atoms with Crippen LogP contribution in [0.3, 0.4) is 0 Å². The zero-order valence-corrected chi connectivity index (χ0v) is 14.5. The number of rotatable bonds is 2. The number of nitrogens with zero attached hydrogens (tertiary/aromatic N) is 3. The van der Waals surface area contributed by atoms with Crippen LogP contribution in [0.25, 0.3) is 22.4 Å². The molecule has 1 aliphatic heterocycles. The van der Waals surface area contributed by atoms with Crippen molar-refractivity contribution in [1.82, 2.24) is 15.0 Å². The Kier molecular flexibility index (Phi) is 3.99. The fraction of sp³-hybridized carbons (Fsp3) is 0.350. The summed E-state index contributed by atoms with van der Waals surface area (Å²) in [4.78, 5) is 19.7. The van der Waals surface area contributed by atoms with Crippen LogP contribution in [0.15, 0.2) is 40.9 Å². The van der Waals surface area contributed by atoms with Crippen molar-refractivity contribution in [2.75, 3.05) is 13.1 Å². The Morgan fingerprint density at radius 3 is 2.64 bits per heavy atom. The highest BCUT2D eigenvalue weighted by Crippen LogP contribution is 2.29. The number of hydrogen-bond acceptors (Lipinski definition) is 4. The summed E-state index contributed by atoms with van der Waals surface area (Å²) in [6, 6.07) is 11.7. The van der Waals surface area contributed by atoms with Crippen molar-refractivity contribution in [1.29, 1.82) is 0 Å². The summed E-state index contributed by atoms with van der Waals surface area (Å²) in [6.45, 7) is 5.69. The van der Waals surface area contributed by atoms with E-state index in [1.165, 1.54) is 0 Å². The molecular weight excluding hydrogens is 314 g/mol. The Bertz CT molecular complexity index is 909. The second kappa shape index (κ2) is 6.31. The van der Waals surface area contributed by atoms with Gasteiger partial charge in [-0.3, -0.25) is 4.79 Å². The van der Waals surface area contributed by atoms with Gasteiger partial charge in [-0.2, -0.15) is 0 Å². The van der Waals surface area contributed by atoms with Crippen molar-refractivity contribution < 1.29 is 9.32 Å². The number of hydrogen-bond donors (Lipinski definition) is 0. The van der Waals surface area contributed by atoms with Crippen LogP contribution >= 0.6 is 0 Å². The number of aryl methyl sites for hydroxylation is 1. The molecule has 0 bridgehead atoms. The zero-order valence-electron chi connectivity index (χ0n) is 14.5. The molecule has 5 nitrogen and oxygen atoms in total. The van der Waals surface area contributed by atoms with Crippen LogP contribution in [0.1, 0.15) is 35.8 Å². The highest BCUT2D eigenvalue weighted by Gasteiger charge is 2.26. The molecule has 1 amide bonds. The predicted octanol–water partition coefficient (Wildman–Crippen LogP) is 4.07. The van der Waals surface area contributed by atoms with Gasteiger partial charge in [0.15, 0.2) is 0 Å². The highest BCUT2D eigenvalue weighted by molar-refractivity contribution is 6.07. The molecule has 0 N–H and O–H groups in total. The second-order valence-corrected chi connectivity index (χ2v) is 6.84. The van der Waals surface area contributed by atoms with Gasteiger partial charge in [0, 0.05) is 18.7 Å². The van der Waals surface area contributed by atoms with Gasteiger partial charge in [-0.15, -0.1) is 0 Å². The molecule has 128 valence electrons. The standard InChI is InChI=1S/C20H21N3O2/c1-13-8-10-23(11-9-13)20(24)16-12-17(15-6-4-3-5-7-15)21-19-18(16)14(2)22-25-19/h3-7,12-13H,8-11H2,1-2H3. The first kappa shape index (κ1) is 15.8. The lowest BCUT2D eigenvalue weighted by atomic mass is 9.98. The van der Waals surface area contributed by atoms with Crippen molar-refractivity contribution >= 4 is 17.0 Å². The minimum Gasteiger partial charge on any atom is -0.339 e. The number of fused-ring (bicyclic) bond motifs is 1. The maximum atomic E-state index is 13.2. The number of aromatic nitrogens is 2.